The number of aliphatic carboxylic acids is 4. The van der Waals surface area contributed by atoms with Crippen molar-refractivity contribution in [2.24, 2.45) is 5.92 Å². The lowest BCUT2D eigenvalue weighted by Crippen LogP contribution is -2.46. The molecular weight excluding hydrogens is 959 g/mol. The first-order valence-electron chi connectivity index (χ1n) is 25.8. The van der Waals surface area contributed by atoms with E-state index < -0.39 is 47.9 Å². The third-order valence-electron chi connectivity index (χ3n) is 12.7. The van der Waals surface area contributed by atoms with Gasteiger partial charge in [0.25, 0.3) is 0 Å². The third-order valence-corrected chi connectivity index (χ3v) is 12.7. The largest absolute Gasteiger partial charge is 0.481 e. The Hall–Kier alpha value is -6.58. The van der Waals surface area contributed by atoms with E-state index in [4.69, 9.17) is 5.11 Å². The Morgan fingerprint density at radius 3 is 1.50 bits per heavy atom. The molecule has 0 aromatic heterocycles. The van der Waals surface area contributed by atoms with E-state index in [0.717, 1.165) is 36.8 Å². The van der Waals surface area contributed by atoms with Crippen LogP contribution in [0.3, 0.4) is 0 Å². The van der Waals surface area contributed by atoms with Crippen LogP contribution in [0.1, 0.15) is 107 Å². The number of nitrogens with zero attached hydrogens (tertiary/aromatic N) is 3. The summed E-state index contributed by atoms with van der Waals surface area (Å²) in [6.07, 6.45) is 5.59. The second-order valence-corrected chi connectivity index (χ2v) is 18.9. The van der Waals surface area contributed by atoms with Crippen LogP contribution in [0.5, 0.6) is 0 Å². The molecule has 21 heteroatoms. The number of carboxylic acid groups (broad SMARTS) is 4. The number of carbonyl (C=O) groups is 10. The summed E-state index contributed by atoms with van der Waals surface area (Å²) in [4.78, 5) is 129. The normalized spacial score (nSPS) is 14.7. The van der Waals surface area contributed by atoms with Gasteiger partial charge >= 0.3 is 29.9 Å². The van der Waals surface area contributed by atoms with Crippen LogP contribution < -0.4 is 21.3 Å². The van der Waals surface area contributed by atoms with E-state index in [2.05, 4.69) is 21.3 Å². The number of urea groups is 1. The molecular formula is C53H77N7O14. The molecule has 8 N–H and O–H groups in total. The van der Waals surface area contributed by atoms with Crippen molar-refractivity contribution in [2.45, 2.75) is 121 Å². The first-order chi connectivity index (χ1) is 35.5. The summed E-state index contributed by atoms with van der Waals surface area (Å²) in [5.41, 5.74) is 1.69. The van der Waals surface area contributed by atoms with Gasteiger partial charge in [0.15, 0.2) is 5.78 Å². The number of carbonyl (C=O) groups excluding carboxylic acids is 6. The van der Waals surface area contributed by atoms with Crippen molar-refractivity contribution in [1.82, 2.24) is 36.0 Å². The molecule has 1 unspecified atom stereocenters. The third kappa shape index (κ3) is 28.0. The molecule has 74 heavy (non-hydrogen) atoms. The molecule has 1 aliphatic heterocycles. The number of hydrogen-bond acceptors (Lipinski definition) is 13. The maximum atomic E-state index is 14.1. The Balaban J connectivity index is 1.47. The Morgan fingerprint density at radius 2 is 0.959 bits per heavy atom. The second kappa shape index (κ2) is 35.6. The number of benzene rings is 2. The molecule has 1 heterocycles. The predicted molar refractivity (Wildman–Crippen MR) is 273 cm³/mol. The summed E-state index contributed by atoms with van der Waals surface area (Å²) in [5, 5.41) is 47.4. The van der Waals surface area contributed by atoms with Gasteiger partial charge in [0, 0.05) is 96.8 Å². The van der Waals surface area contributed by atoms with Crippen LogP contribution in [0.4, 0.5) is 4.79 Å². The fraction of sp³-hybridized carbons (Fsp3) is 0.585. The number of Topliss-reactive ketones (excluding diaryl/α,β-unsaturated/α-hetero) is 3. The number of hydrogen-bond donors (Lipinski definition) is 8. The maximum absolute atomic E-state index is 14.1. The molecule has 0 radical (unpaired) electrons. The van der Waals surface area contributed by atoms with Crippen molar-refractivity contribution in [3.8, 4) is 0 Å². The fourth-order valence-electron chi connectivity index (χ4n) is 8.57. The zero-order chi connectivity index (χ0) is 54.1. The molecule has 2 aromatic rings. The predicted octanol–water partition coefficient (Wildman–Crippen LogP) is 3.17. The minimum Gasteiger partial charge on any atom is -0.481 e. The van der Waals surface area contributed by atoms with Crippen molar-refractivity contribution in [1.29, 1.82) is 0 Å². The van der Waals surface area contributed by atoms with Crippen LogP contribution in [-0.2, 0) is 56.0 Å². The van der Waals surface area contributed by atoms with Crippen molar-refractivity contribution in [3.05, 3.63) is 71.8 Å². The van der Waals surface area contributed by atoms with E-state index in [1.807, 2.05) is 65.6 Å². The second-order valence-electron chi connectivity index (χ2n) is 18.9. The SMILES string of the molecule is O=C(O)CCCNC(=O)NC(CCC(=O)CCCCCCCCC(=O)N[C@@H](Cc1ccccc1)C(=O)C[C@@H](Cc1ccccc1)C(=O)NCCCC(=O)CN1CCN(CC(=O)O)CCN(CC(=O)O)CC1)C(=O)O. The highest BCUT2D eigenvalue weighted by molar-refractivity contribution is 5.93. The molecule has 2 aromatic carbocycles. The van der Waals surface area contributed by atoms with Crippen molar-refractivity contribution < 1.29 is 68.4 Å². The maximum Gasteiger partial charge on any atom is 0.326 e. The molecule has 21 nitrogen and oxygen atoms in total. The Bertz CT molecular complexity index is 2080. The lowest BCUT2D eigenvalue weighted by molar-refractivity contribution is -0.140. The van der Waals surface area contributed by atoms with Crippen molar-refractivity contribution >= 4 is 59.1 Å². The number of ketones is 3. The highest BCUT2D eigenvalue weighted by Gasteiger charge is 2.29. The number of rotatable bonds is 37. The molecule has 408 valence electrons. The first kappa shape index (κ1) is 61.7. The zero-order valence-corrected chi connectivity index (χ0v) is 42.5. The molecule has 1 saturated heterocycles. The minimum atomic E-state index is -1.28. The van der Waals surface area contributed by atoms with E-state index in [9.17, 15) is 63.3 Å². The van der Waals surface area contributed by atoms with Gasteiger partial charge in [-0.1, -0.05) is 86.3 Å². The van der Waals surface area contributed by atoms with Crippen molar-refractivity contribution in [3.63, 3.8) is 0 Å². The van der Waals surface area contributed by atoms with E-state index in [-0.39, 0.29) is 126 Å². The van der Waals surface area contributed by atoms with Gasteiger partial charge in [-0.25, -0.2) is 9.59 Å². The molecule has 0 bridgehead atoms. The zero-order valence-electron chi connectivity index (χ0n) is 42.5. The molecule has 4 amide bonds. The average Bonchev–Trinajstić information content (AvgIpc) is 3.43. The Labute approximate surface area is 433 Å². The van der Waals surface area contributed by atoms with Crippen LogP contribution in [0.25, 0.3) is 0 Å². The fourth-order valence-corrected chi connectivity index (χ4v) is 8.57. The van der Waals surface area contributed by atoms with E-state index in [1.54, 1.807) is 9.80 Å². The van der Waals surface area contributed by atoms with Crippen LogP contribution in [0.15, 0.2) is 60.7 Å². The average molecular weight is 1040 g/mol. The van der Waals surface area contributed by atoms with Gasteiger partial charge in [-0.2, -0.15) is 0 Å². The highest BCUT2D eigenvalue weighted by atomic mass is 16.4. The molecule has 3 atom stereocenters. The van der Waals surface area contributed by atoms with Gasteiger partial charge in [-0.15, -0.1) is 0 Å². The van der Waals surface area contributed by atoms with Crippen LogP contribution >= 0.6 is 0 Å². The van der Waals surface area contributed by atoms with Crippen LogP contribution in [0, 0.1) is 5.92 Å². The molecule has 0 aliphatic carbocycles. The standard InChI is InChI=1S/C53H77N7O14/c61-42(23-24-44(52(72)73)57-53(74)55-26-14-22-48(65)66)19-11-3-1-2-4-12-21-47(64)56-45(34-40-17-9-6-10-18-40)46(63)35-41(33-39-15-7-5-8-16-39)51(71)54-25-13-20-43(62)36-58-27-29-59(37-49(67)68)31-32-60(30-28-58)38-50(69)70/h5-10,15-18,41,44-45H,1-4,11-14,19-38H2,(H,54,71)(H,56,64)(H,65,66)(H,67,68)(H,69,70)(H,72,73)(H2,55,57,74)/t41-,44?,45+/m1/s1. The summed E-state index contributed by atoms with van der Waals surface area (Å²) in [5.74, 6) is -6.16. The van der Waals surface area contributed by atoms with Gasteiger partial charge in [0.1, 0.15) is 17.6 Å². The quantitative estimate of drug-likeness (QED) is 0.0451. The highest BCUT2D eigenvalue weighted by Crippen LogP contribution is 2.18. The molecule has 0 spiro atoms. The number of amides is 4. The monoisotopic (exact) mass is 1040 g/mol. The van der Waals surface area contributed by atoms with Gasteiger partial charge in [0.2, 0.25) is 11.8 Å². The van der Waals surface area contributed by atoms with Crippen molar-refractivity contribution in [2.75, 3.05) is 72.0 Å². The van der Waals surface area contributed by atoms with Gasteiger partial charge in [-0.3, -0.25) is 53.1 Å². The van der Waals surface area contributed by atoms with Gasteiger partial charge in [-0.05, 0) is 56.1 Å². The topological polar surface area (TPSA) is 309 Å². The minimum absolute atomic E-state index is 0.0217. The summed E-state index contributed by atoms with van der Waals surface area (Å²) in [6.45, 7) is 2.39. The molecule has 1 fully saturated rings. The number of carboxylic acids is 4. The summed E-state index contributed by atoms with van der Waals surface area (Å²) in [7, 11) is 0. The lowest BCUT2D eigenvalue weighted by Gasteiger charge is -2.24. The Morgan fingerprint density at radius 1 is 0.473 bits per heavy atom. The van der Waals surface area contributed by atoms with Crippen LogP contribution in [-0.4, -0.2) is 178 Å². The first-order valence-corrected chi connectivity index (χ1v) is 25.8. The van der Waals surface area contributed by atoms with Crippen LogP contribution in [0.2, 0.25) is 0 Å². The summed E-state index contributed by atoms with van der Waals surface area (Å²) < 4.78 is 0. The van der Waals surface area contributed by atoms with E-state index in [0.29, 0.717) is 58.5 Å². The lowest BCUT2D eigenvalue weighted by atomic mass is 9.89. The number of unbranched alkanes of at least 4 members (excludes halogenated alkanes) is 5. The summed E-state index contributed by atoms with van der Waals surface area (Å²) >= 11 is 0. The van der Waals surface area contributed by atoms with Gasteiger partial charge < -0.3 is 41.7 Å². The van der Waals surface area contributed by atoms with Gasteiger partial charge in [0.05, 0.1) is 25.7 Å². The summed E-state index contributed by atoms with van der Waals surface area (Å²) in [6, 6.07) is 15.7. The van der Waals surface area contributed by atoms with E-state index in [1.165, 1.54) is 0 Å². The molecule has 3 rings (SSSR count). The number of nitrogens with one attached hydrogen (secondary N) is 4. The molecule has 0 saturated carbocycles. The smallest absolute Gasteiger partial charge is 0.326 e. The van der Waals surface area contributed by atoms with E-state index >= 15 is 0 Å². The Kier molecular flexibility index (Phi) is 29.7. The molecule has 1 aliphatic rings.